The van der Waals surface area contributed by atoms with Gasteiger partial charge in [-0.05, 0) is 45.0 Å². The molecule has 0 radical (unpaired) electrons. The minimum atomic E-state index is -0.142. The van der Waals surface area contributed by atoms with Crippen LogP contribution in [0, 0.1) is 20.8 Å². The number of nitrogens with zero attached hydrogens (tertiary/aromatic N) is 4. The molecule has 3 aromatic carbocycles. The first-order valence-electron chi connectivity index (χ1n) is 10.9. The number of nitrogens with one attached hydrogen (secondary N) is 1. The van der Waals surface area contributed by atoms with Gasteiger partial charge in [0.05, 0.1) is 5.69 Å². The third kappa shape index (κ3) is 4.30. The Bertz CT molecular complexity index is 1510. The van der Waals surface area contributed by atoms with Crippen LogP contribution in [-0.2, 0) is 0 Å². The highest BCUT2D eigenvalue weighted by Gasteiger charge is 2.18. The van der Waals surface area contributed by atoms with Crippen molar-refractivity contribution in [2.24, 2.45) is 0 Å². The minimum Gasteiger partial charge on any atom is -0.321 e. The Morgan fingerprint density at radius 1 is 0.882 bits per heavy atom. The highest BCUT2D eigenvalue weighted by molar-refractivity contribution is 7.99. The molecule has 6 nitrogen and oxygen atoms in total. The molecule has 34 heavy (non-hydrogen) atoms. The van der Waals surface area contributed by atoms with E-state index in [1.807, 2.05) is 99.6 Å². The summed E-state index contributed by atoms with van der Waals surface area (Å²) in [6.07, 6.45) is 0. The van der Waals surface area contributed by atoms with E-state index in [4.69, 9.17) is 5.10 Å². The van der Waals surface area contributed by atoms with E-state index in [9.17, 15) is 4.79 Å². The first-order chi connectivity index (χ1) is 16.5. The zero-order valence-electron chi connectivity index (χ0n) is 19.1. The molecule has 0 bridgehead atoms. The summed E-state index contributed by atoms with van der Waals surface area (Å²) in [5.41, 5.74) is 5.25. The largest absolute Gasteiger partial charge is 0.321 e. The third-order valence-electron chi connectivity index (χ3n) is 5.57. The zero-order valence-corrected chi connectivity index (χ0v) is 19.9. The molecule has 5 aromatic rings. The molecule has 1 amide bonds. The Morgan fingerprint density at radius 3 is 2.44 bits per heavy atom. The molecular formula is C27H23N5OS. The number of carbonyl (C=O) groups is 1. The highest BCUT2D eigenvalue weighted by Crippen LogP contribution is 2.36. The average molecular weight is 466 g/mol. The van der Waals surface area contributed by atoms with Gasteiger partial charge in [0.25, 0.3) is 11.7 Å². The number of carbonyl (C=O) groups excluding carboxylic acids is 1. The van der Waals surface area contributed by atoms with Crippen LogP contribution in [0.15, 0.2) is 88.8 Å². The summed E-state index contributed by atoms with van der Waals surface area (Å²) in [5, 5.41) is 8.74. The van der Waals surface area contributed by atoms with Gasteiger partial charge in [-0.15, -0.1) is 5.10 Å². The van der Waals surface area contributed by atoms with Crippen molar-refractivity contribution in [3.63, 3.8) is 0 Å². The fraction of sp³-hybridized carbons (Fsp3) is 0.111. The van der Waals surface area contributed by atoms with E-state index in [-0.39, 0.29) is 5.91 Å². The summed E-state index contributed by atoms with van der Waals surface area (Å²) in [7, 11) is 0. The number of aromatic nitrogens is 4. The summed E-state index contributed by atoms with van der Waals surface area (Å²) < 4.78 is 1.79. The molecule has 0 fully saturated rings. The van der Waals surface area contributed by atoms with Gasteiger partial charge in [-0.2, -0.15) is 9.50 Å². The summed E-state index contributed by atoms with van der Waals surface area (Å²) in [4.78, 5) is 23.1. The normalized spacial score (nSPS) is 11.0. The number of benzene rings is 3. The van der Waals surface area contributed by atoms with E-state index in [0.717, 1.165) is 38.0 Å². The second-order valence-electron chi connectivity index (χ2n) is 8.06. The van der Waals surface area contributed by atoms with Crippen LogP contribution in [0.4, 0.5) is 5.69 Å². The molecule has 2 aromatic heterocycles. The van der Waals surface area contributed by atoms with Gasteiger partial charge in [0, 0.05) is 27.3 Å². The number of aryl methyl sites for hydroxylation is 2. The quantitative estimate of drug-likeness (QED) is 0.317. The van der Waals surface area contributed by atoms with Crippen molar-refractivity contribution in [3.05, 3.63) is 101 Å². The van der Waals surface area contributed by atoms with Crippen molar-refractivity contribution in [1.29, 1.82) is 0 Å². The van der Waals surface area contributed by atoms with Gasteiger partial charge < -0.3 is 5.32 Å². The van der Waals surface area contributed by atoms with Crippen LogP contribution in [0.3, 0.4) is 0 Å². The van der Waals surface area contributed by atoms with Gasteiger partial charge >= 0.3 is 0 Å². The Balaban J connectivity index is 1.53. The molecular weight excluding hydrogens is 442 g/mol. The van der Waals surface area contributed by atoms with Crippen molar-refractivity contribution < 1.29 is 4.79 Å². The molecule has 0 saturated heterocycles. The molecule has 0 aliphatic heterocycles. The van der Waals surface area contributed by atoms with Crippen LogP contribution in [0.2, 0.25) is 0 Å². The maximum absolute atomic E-state index is 12.9. The van der Waals surface area contributed by atoms with E-state index in [2.05, 4.69) is 15.3 Å². The second-order valence-corrected chi connectivity index (χ2v) is 9.09. The van der Waals surface area contributed by atoms with Crippen LogP contribution in [0.1, 0.15) is 27.2 Å². The van der Waals surface area contributed by atoms with E-state index < -0.39 is 0 Å². The molecule has 0 atom stereocenters. The first-order valence-corrected chi connectivity index (χ1v) is 11.8. The molecule has 2 heterocycles. The van der Waals surface area contributed by atoms with E-state index in [1.165, 1.54) is 11.8 Å². The zero-order chi connectivity index (χ0) is 23.7. The Hall–Kier alpha value is -3.97. The van der Waals surface area contributed by atoms with Gasteiger partial charge in [-0.1, -0.05) is 71.9 Å². The summed E-state index contributed by atoms with van der Waals surface area (Å²) in [6.45, 7) is 5.98. The van der Waals surface area contributed by atoms with Crippen molar-refractivity contribution in [1.82, 2.24) is 19.6 Å². The molecule has 0 aliphatic rings. The lowest BCUT2D eigenvalue weighted by atomic mass is 10.1. The van der Waals surface area contributed by atoms with Crippen molar-refractivity contribution in [3.8, 4) is 11.4 Å². The van der Waals surface area contributed by atoms with Crippen LogP contribution < -0.4 is 5.32 Å². The fourth-order valence-corrected chi connectivity index (χ4v) is 4.73. The van der Waals surface area contributed by atoms with Crippen LogP contribution >= 0.6 is 11.8 Å². The number of fused-ring (bicyclic) bond motifs is 1. The standard InChI is InChI=1S/C27H23N5OS/c1-17-10-9-13-21(16-17)25(33)29-22-14-7-8-15-23(22)34-26-18(2)19(3)28-27-30-24(31-32(26)27)20-11-5-4-6-12-20/h4-16H,1-3H3,(H,29,33). The Labute approximate surface area is 202 Å². The minimum absolute atomic E-state index is 0.142. The monoisotopic (exact) mass is 465 g/mol. The predicted molar refractivity (Wildman–Crippen MR) is 135 cm³/mol. The van der Waals surface area contributed by atoms with Gasteiger partial charge in [-0.3, -0.25) is 4.79 Å². The second kappa shape index (κ2) is 9.11. The molecule has 0 saturated carbocycles. The third-order valence-corrected chi connectivity index (χ3v) is 6.82. The molecule has 5 rings (SSSR count). The summed E-state index contributed by atoms with van der Waals surface area (Å²) in [6, 6.07) is 25.2. The predicted octanol–water partition coefficient (Wildman–Crippen LogP) is 6.12. The van der Waals surface area contributed by atoms with Crippen LogP contribution in [0.5, 0.6) is 0 Å². The Morgan fingerprint density at radius 2 is 1.65 bits per heavy atom. The smallest absolute Gasteiger partial charge is 0.255 e. The first kappa shape index (κ1) is 21.9. The number of hydrogen-bond donors (Lipinski definition) is 1. The topological polar surface area (TPSA) is 72.2 Å². The van der Waals surface area contributed by atoms with Crippen molar-refractivity contribution >= 4 is 29.1 Å². The fourth-order valence-electron chi connectivity index (χ4n) is 3.63. The maximum atomic E-state index is 12.9. The summed E-state index contributed by atoms with van der Waals surface area (Å²) >= 11 is 1.54. The van der Waals surface area contributed by atoms with E-state index >= 15 is 0 Å². The molecule has 0 aliphatic carbocycles. The van der Waals surface area contributed by atoms with Crippen LogP contribution in [0.25, 0.3) is 17.2 Å². The lowest BCUT2D eigenvalue weighted by Crippen LogP contribution is -2.12. The van der Waals surface area contributed by atoms with E-state index in [1.54, 1.807) is 4.52 Å². The molecule has 0 spiro atoms. The lowest BCUT2D eigenvalue weighted by molar-refractivity contribution is 0.102. The molecule has 168 valence electrons. The SMILES string of the molecule is Cc1cccc(C(=O)Nc2ccccc2Sc2c(C)c(C)nc3nc(-c4ccccc4)nn23)c1. The van der Waals surface area contributed by atoms with E-state index in [0.29, 0.717) is 17.2 Å². The molecule has 7 heteroatoms. The lowest BCUT2D eigenvalue weighted by Gasteiger charge is -2.13. The Kier molecular flexibility index (Phi) is 5.86. The van der Waals surface area contributed by atoms with Gasteiger partial charge in [-0.25, -0.2) is 4.98 Å². The molecule has 1 N–H and O–H groups in total. The number of anilines is 1. The molecule has 0 unspecified atom stereocenters. The van der Waals surface area contributed by atoms with Crippen LogP contribution in [-0.4, -0.2) is 25.5 Å². The highest BCUT2D eigenvalue weighted by atomic mass is 32.2. The number of para-hydroxylation sites is 1. The number of rotatable bonds is 5. The number of amides is 1. The van der Waals surface area contributed by atoms with Gasteiger partial charge in [0.2, 0.25) is 0 Å². The van der Waals surface area contributed by atoms with Gasteiger partial charge in [0.1, 0.15) is 5.03 Å². The van der Waals surface area contributed by atoms with Crippen molar-refractivity contribution in [2.45, 2.75) is 30.7 Å². The summed E-state index contributed by atoms with van der Waals surface area (Å²) in [5.74, 6) is 1.03. The van der Waals surface area contributed by atoms with Gasteiger partial charge in [0.15, 0.2) is 5.82 Å². The number of hydrogen-bond acceptors (Lipinski definition) is 5. The maximum Gasteiger partial charge on any atom is 0.255 e. The van der Waals surface area contributed by atoms with Crippen molar-refractivity contribution in [2.75, 3.05) is 5.32 Å². The average Bonchev–Trinajstić information content (AvgIpc) is 3.27.